The molecule has 1 aromatic carbocycles. The van der Waals surface area contributed by atoms with Gasteiger partial charge in [-0.3, -0.25) is 10.1 Å². The van der Waals surface area contributed by atoms with E-state index < -0.39 is 0 Å². The van der Waals surface area contributed by atoms with Gasteiger partial charge in [0.1, 0.15) is 0 Å². The summed E-state index contributed by atoms with van der Waals surface area (Å²) in [5.74, 6) is -0.113. The molecule has 0 unspecified atom stereocenters. The highest BCUT2D eigenvalue weighted by atomic mass is 32.1. The first-order chi connectivity index (χ1) is 7.66. The third-order valence-electron chi connectivity index (χ3n) is 2.42. The van der Waals surface area contributed by atoms with Gasteiger partial charge < -0.3 is 0 Å². The van der Waals surface area contributed by atoms with Crippen LogP contribution >= 0.6 is 11.3 Å². The van der Waals surface area contributed by atoms with Gasteiger partial charge in [0.15, 0.2) is 5.13 Å². The van der Waals surface area contributed by atoms with E-state index in [4.69, 9.17) is 0 Å². The first-order valence-corrected chi connectivity index (χ1v) is 5.83. The highest BCUT2D eigenvalue weighted by Gasteiger charge is 2.07. The molecule has 16 heavy (non-hydrogen) atoms. The van der Waals surface area contributed by atoms with Crippen molar-refractivity contribution in [1.29, 1.82) is 0 Å². The number of nitrogens with one attached hydrogen (secondary N) is 1. The lowest BCUT2D eigenvalue weighted by Gasteiger charge is -2.04. The van der Waals surface area contributed by atoms with Gasteiger partial charge in [-0.25, -0.2) is 4.98 Å². The van der Waals surface area contributed by atoms with Gasteiger partial charge in [-0.05, 0) is 37.1 Å². The Morgan fingerprint density at radius 1 is 1.31 bits per heavy atom. The average Bonchev–Trinajstić information content (AvgIpc) is 2.74. The Bertz CT molecular complexity index is 506. The number of hydrogen-bond donors (Lipinski definition) is 1. The van der Waals surface area contributed by atoms with Gasteiger partial charge in [-0.2, -0.15) is 0 Å². The van der Waals surface area contributed by atoms with Crippen molar-refractivity contribution < 1.29 is 4.79 Å². The lowest BCUT2D eigenvalue weighted by Crippen LogP contribution is -2.11. The fraction of sp³-hybridized carbons (Fsp3) is 0.167. The Labute approximate surface area is 98.2 Å². The first kappa shape index (κ1) is 10.8. The average molecular weight is 232 g/mol. The minimum absolute atomic E-state index is 0.113. The SMILES string of the molecule is Cc1ccc(C(=O)Nc2nccs2)cc1C. The molecule has 0 aliphatic rings. The molecule has 0 aliphatic carbocycles. The summed E-state index contributed by atoms with van der Waals surface area (Å²) < 4.78 is 0. The molecular formula is C12H12N2OS. The fourth-order valence-corrected chi connectivity index (χ4v) is 1.86. The second-order valence-corrected chi connectivity index (χ2v) is 4.48. The summed E-state index contributed by atoms with van der Waals surface area (Å²) in [4.78, 5) is 15.8. The van der Waals surface area contributed by atoms with Gasteiger partial charge in [0.2, 0.25) is 0 Å². The number of anilines is 1. The molecule has 1 amide bonds. The van der Waals surface area contributed by atoms with E-state index in [2.05, 4.69) is 10.3 Å². The number of benzene rings is 1. The summed E-state index contributed by atoms with van der Waals surface area (Å²) in [6.07, 6.45) is 1.67. The maximum atomic E-state index is 11.8. The van der Waals surface area contributed by atoms with Crippen LogP contribution in [0.3, 0.4) is 0 Å². The Balaban J connectivity index is 2.18. The van der Waals surface area contributed by atoms with Crippen LogP contribution in [-0.4, -0.2) is 10.9 Å². The summed E-state index contributed by atoms with van der Waals surface area (Å²) >= 11 is 1.41. The molecule has 1 aromatic heterocycles. The van der Waals surface area contributed by atoms with Crippen molar-refractivity contribution in [2.45, 2.75) is 13.8 Å². The molecule has 0 aliphatic heterocycles. The molecule has 0 radical (unpaired) electrons. The van der Waals surface area contributed by atoms with Gasteiger partial charge in [-0.1, -0.05) is 6.07 Å². The summed E-state index contributed by atoms with van der Waals surface area (Å²) in [6, 6.07) is 5.66. The maximum absolute atomic E-state index is 11.8. The van der Waals surface area contributed by atoms with Crippen LogP contribution in [0.4, 0.5) is 5.13 Å². The number of rotatable bonds is 2. The van der Waals surface area contributed by atoms with E-state index >= 15 is 0 Å². The summed E-state index contributed by atoms with van der Waals surface area (Å²) in [7, 11) is 0. The standard InChI is InChI=1S/C12H12N2OS/c1-8-3-4-10(7-9(8)2)11(15)14-12-13-5-6-16-12/h3-7H,1-2H3,(H,13,14,15). The number of aromatic nitrogens is 1. The molecule has 0 saturated carbocycles. The zero-order valence-electron chi connectivity index (χ0n) is 9.15. The predicted molar refractivity (Wildman–Crippen MR) is 66.0 cm³/mol. The van der Waals surface area contributed by atoms with Crippen molar-refractivity contribution in [3.8, 4) is 0 Å². The number of carbonyl (C=O) groups is 1. The van der Waals surface area contributed by atoms with Crippen LogP contribution in [0.5, 0.6) is 0 Å². The topological polar surface area (TPSA) is 42.0 Å². The van der Waals surface area contributed by atoms with Gasteiger partial charge >= 0.3 is 0 Å². The van der Waals surface area contributed by atoms with Crippen LogP contribution in [0.1, 0.15) is 21.5 Å². The highest BCUT2D eigenvalue weighted by molar-refractivity contribution is 7.13. The number of nitrogens with zero attached hydrogens (tertiary/aromatic N) is 1. The van der Waals surface area contributed by atoms with Crippen LogP contribution in [0, 0.1) is 13.8 Å². The van der Waals surface area contributed by atoms with Crippen molar-refractivity contribution in [1.82, 2.24) is 4.98 Å². The van der Waals surface area contributed by atoms with Gasteiger partial charge in [0.25, 0.3) is 5.91 Å². The minimum atomic E-state index is -0.113. The molecule has 2 rings (SSSR count). The Hall–Kier alpha value is -1.68. The Kier molecular flexibility index (Phi) is 3.01. The third kappa shape index (κ3) is 2.28. The molecule has 1 heterocycles. The van der Waals surface area contributed by atoms with E-state index in [1.807, 2.05) is 37.4 Å². The highest BCUT2D eigenvalue weighted by Crippen LogP contribution is 2.14. The molecule has 2 aromatic rings. The molecule has 4 heteroatoms. The second kappa shape index (κ2) is 4.45. The van der Waals surface area contributed by atoms with Gasteiger partial charge in [0, 0.05) is 17.1 Å². The second-order valence-electron chi connectivity index (χ2n) is 3.59. The number of aryl methyl sites for hydroxylation is 2. The number of hydrogen-bond acceptors (Lipinski definition) is 3. The van der Waals surface area contributed by atoms with E-state index in [9.17, 15) is 4.79 Å². The Morgan fingerprint density at radius 2 is 2.12 bits per heavy atom. The van der Waals surface area contributed by atoms with E-state index in [1.54, 1.807) is 6.20 Å². The van der Waals surface area contributed by atoms with Gasteiger partial charge in [-0.15, -0.1) is 11.3 Å². The van der Waals surface area contributed by atoms with Gasteiger partial charge in [0.05, 0.1) is 0 Å². The smallest absolute Gasteiger partial charge is 0.257 e. The van der Waals surface area contributed by atoms with Crippen LogP contribution < -0.4 is 5.32 Å². The maximum Gasteiger partial charge on any atom is 0.257 e. The predicted octanol–water partition coefficient (Wildman–Crippen LogP) is 3.01. The Morgan fingerprint density at radius 3 is 2.75 bits per heavy atom. The largest absolute Gasteiger partial charge is 0.298 e. The van der Waals surface area contributed by atoms with Crippen LogP contribution in [0.2, 0.25) is 0 Å². The van der Waals surface area contributed by atoms with Crippen LogP contribution in [-0.2, 0) is 0 Å². The molecule has 0 saturated heterocycles. The fourth-order valence-electron chi connectivity index (χ4n) is 1.34. The monoisotopic (exact) mass is 232 g/mol. The zero-order valence-corrected chi connectivity index (χ0v) is 9.97. The summed E-state index contributed by atoms with van der Waals surface area (Å²) in [5.41, 5.74) is 2.97. The number of amides is 1. The molecule has 82 valence electrons. The van der Waals surface area contributed by atoms with Crippen LogP contribution in [0.25, 0.3) is 0 Å². The van der Waals surface area contributed by atoms with Crippen molar-refractivity contribution >= 4 is 22.4 Å². The molecule has 1 N–H and O–H groups in total. The quantitative estimate of drug-likeness (QED) is 0.864. The molecule has 0 bridgehead atoms. The summed E-state index contributed by atoms with van der Waals surface area (Å²) in [6.45, 7) is 4.02. The van der Waals surface area contributed by atoms with Crippen molar-refractivity contribution in [3.05, 3.63) is 46.5 Å². The van der Waals surface area contributed by atoms with E-state index in [1.165, 1.54) is 16.9 Å². The summed E-state index contributed by atoms with van der Waals surface area (Å²) in [5, 5.41) is 5.21. The van der Waals surface area contributed by atoms with E-state index in [0.29, 0.717) is 10.7 Å². The molecule has 0 atom stereocenters. The van der Waals surface area contributed by atoms with E-state index in [-0.39, 0.29) is 5.91 Å². The van der Waals surface area contributed by atoms with Crippen molar-refractivity contribution in [3.63, 3.8) is 0 Å². The lowest BCUT2D eigenvalue weighted by molar-refractivity contribution is 0.102. The minimum Gasteiger partial charge on any atom is -0.298 e. The van der Waals surface area contributed by atoms with Crippen molar-refractivity contribution in [2.75, 3.05) is 5.32 Å². The third-order valence-corrected chi connectivity index (χ3v) is 3.11. The lowest BCUT2D eigenvalue weighted by atomic mass is 10.1. The zero-order chi connectivity index (χ0) is 11.5. The molecule has 0 spiro atoms. The number of thiazole rings is 1. The molecule has 0 fully saturated rings. The molecular weight excluding hydrogens is 220 g/mol. The molecule has 3 nitrogen and oxygen atoms in total. The first-order valence-electron chi connectivity index (χ1n) is 4.95. The van der Waals surface area contributed by atoms with Crippen molar-refractivity contribution in [2.24, 2.45) is 0 Å². The van der Waals surface area contributed by atoms with Crippen LogP contribution in [0.15, 0.2) is 29.8 Å². The normalized spacial score (nSPS) is 10.1. The van der Waals surface area contributed by atoms with E-state index in [0.717, 1.165) is 5.56 Å². The number of carbonyl (C=O) groups excluding carboxylic acids is 1.